The first-order chi connectivity index (χ1) is 11.3. The van der Waals surface area contributed by atoms with Crippen molar-refractivity contribution in [2.45, 2.75) is 31.7 Å². The van der Waals surface area contributed by atoms with Crippen molar-refractivity contribution in [3.05, 3.63) is 53.8 Å². The second-order valence-electron chi connectivity index (χ2n) is 5.89. The van der Waals surface area contributed by atoms with Gasteiger partial charge in [-0.3, -0.25) is 0 Å². The van der Waals surface area contributed by atoms with Gasteiger partial charge < -0.3 is 5.32 Å². The number of aryl methyl sites for hydroxylation is 1. The van der Waals surface area contributed by atoms with Crippen LogP contribution in [0, 0.1) is 12.7 Å². The number of benzene rings is 2. The van der Waals surface area contributed by atoms with Gasteiger partial charge in [0.25, 0.3) is 10.0 Å². The first-order valence-corrected chi connectivity index (χ1v) is 9.00. The highest BCUT2D eigenvalue weighted by Gasteiger charge is 2.35. The van der Waals surface area contributed by atoms with E-state index in [2.05, 4.69) is 10.3 Å². The Morgan fingerprint density at radius 2 is 1.88 bits per heavy atom. The van der Waals surface area contributed by atoms with Gasteiger partial charge in [0, 0.05) is 11.7 Å². The van der Waals surface area contributed by atoms with E-state index in [0.717, 1.165) is 0 Å². The van der Waals surface area contributed by atoms with E-state index in [0.29, 0.717) is 16.9 Å². The summed E-state index contributed by atoms with van der Waals surface area (Å²) in [6.45, 7) is 5.19. The fourth-order valence-corrected chi connectivity index (χ4v) is 4.27. The fourth-order valence-electron chi connectivity index (χ4n) is 2.56. The zero-order valence-corrected chi connectivity index (χ0v) is 14.4. The Morgan fingerprint density at radius 1 is 1.17 bits per heavy atom. The molecule has 0 amide bonds. The zero-order valence-electron chi connectivity index (χ0n) is 13.6. The molecule has 1 aliphatic rings. The molecule has 2 aromatic carbocycles. The molecule has 5 nitrogen and oxygen atoms in total. The lowest BCUT2D eigenvalue weighted by atomic mass is 10.2. The first-order valence-electron chi connectivity index (χ1n) is 7.56. The summed E-state index contributed by atoms with van der Waals surface area (Å²) in [5, 5.41) is 2.93. The minimum atomic E-state index is -3.72. The van der Waals surface area contributed by atoms with E-state index in [-0.39, 0.29) is 22.7 Å². The molecule has 126 valence electrons. The number of halogens is 1. The van der Waals surface area contributed by atoms with Gasteiger partial charge in [-0.2, -0.15) is 0 Å². The molecule has 1 N–H and O–H groups in total. The molecule has 1 aliphatic heterocycles. The lowest BCUT2D eigenvalue weighted by Crippen LogP contribution is -2.46. The van der Waals surface area contributed by atoms with Crippen LogP contribution in [-0.2, 0) is 10.0 Å². The summed E-state index contributed by atoms with van der Waals surface area (Å²) >= 11 is 0. The fraction of sp³-hybridized carbons (Fsp3) is 0.235. The van der Waals surface area contributed by atoms with Gasteiger partial charge in [-0.15, -0.1) is 0 Å². The molecule has 3 rings (SSSR count). The maximum Gasteiger partial charge on any atom is 0.269 e. The molecular weight excluding hydrogens is 329 g/mol. The predicted molar refractivity (Wildman–Crippen MR) is 92.5 cm³/mol. The van der Waals surface area contributed by atoms with Crippen LogP contribution in [0.1, 0.15) is 19.4 Å². The molecule has 0 aliphatic carbocycles. The van der Waals surface area contributed by atoms with Crippen molar-refractivity contribution >= 4 is 27.4 Å². The summed E-state index contributed by atoms with van der Waals surface area (Å²) in [4.78, 5) is 4.59. The predicted octanol–water partition coefficient (Wildman–Crippen LogP) is 3.65. The number of hydrogen-bond acceptors (Lipinski definition) is 4. The molecule has 1 heterocycles. The summed E-state index contributed by atoms with van der Waals surface area (Å²) in [6, 6.07) is 10.9. The lowest BCUT2D eigenvalue weighted by molar-refractivity contribution is 0.467. The van der Waals surface area contributed by atoms with Gasteiger partial charge in [0.15, 0.2) is 0 Å². The topological polar surface area (TPSA) is 61.8 Å². The molecule has 7 heteroatoms. The average Bonchev–Trinajstić information content (AvgIpc) is 2.50. The summed E-state index contributed by atoms with van der Waals surface area (Å²) in [7, 11) is -3.72. The van der Waals surface area contributed by atoms with Gasteiger partial charge in [-0.1, -0.05) is 18.2 Å². The van der Waals surface area contributed by atoms with E-state index >= 15 is 0 Å². The highest BCUT2D eigenvalue weighted by Crippen LogP contribution is 2.33. The van der Waals surface area contributed by atoms with Crippen molar-refractivity contribution in [1.82, 2.24) is 4.31 Å². The van der Waals surface area contributed by atoms with Gasteiger partial charge in [-0.25, -0.2) is 22.1 Å². The van der Waals surface area contributed by atoms with Crippen molar-refractivity contribution in [2.75, 3.05) is 5.32 Å². The molecule has 0 saturated heterocycles. The molecular formula is C17H18FN3O2S. The van der Waals surface area contributed by atoms with Crippen LogP contribution >= 0.6 is 0 Å². The van der Waals surface area contributed by atoms with Gasteiger partial charge in [0.2, 0.25) is 5.96 Å². The van der Waals surface area contributed by atoms with E-state index < -0.39 is 10.0 Å². The average molecular weight is 347 g/mol. The minimum absolute atomic E-state index is 0.159. The van der Waals surface area contributed by atoms with Gasteiger partial charge in [0.05, 0.1) is 5.69 Å². The number of nitrogens with one attached hydrogen (secondary N) is 1. The number of aliphatic imine (C=N–C) groups is 1. The van der Waals surface area contributed by atoms with Crippen LogP contribution < -0.4 is 5.32 Å². The summed E-state index contributed by atoms with van der Waals surface area (Å²) < 4.78 is 40.8. The van der Waals surface area contributed by atoms with Crippen LogP contribution in [0.15, 0.2) is 52.4 Å². The van der Waals surface area contributed by atoms with Gasteiger partial charge >= 0.3 is 0 Å². The van der Waals surface area contributed by atoms with Gasteiger partial charge in [-0.05, 0) is 50.6 Å². The van der Waals surface area contributed by atoms with Crippen LogP contribution in [0.2, 0.25) is 0 Å². The summed E-state index contributed by atoms with van der Waals surface area (Å²) in [5.74, 6) is -0.206. The monoisotopic (exact) mass is 347 g/mol. The number of nitrogens with zero attached hydrogens (tertiary/aromatic N) is 2. The van der Waals surface area contributed by atoms with Crippen LogP contribution in [0.4, 0.5) is 15.8 Å². The Kier molecular flexibility index (Phi) is 4.04. The van der Waals surface area contributed by atoms with E-state index in [9.17, 15) is 12.8 Å². The van der Waals surface area contributed by atoms with Crippen LogP contribution in [-0.4, -0.2) is 24.7 Å². The van der Waals surface area contributed by atoms with E-state index in [4.69, 9.17) is 0 Å². The second-order valence-corrected chi connectivity index (χ2v) is 7.67. The Morgan fingerprint density at radius 3 is 2.54 bits per heavy atom. The maximum atomic E-state index is 13.8. The number of rotatable bonds is 2. The molecule has 2 aromatic rings. The van der Waals surface area contributed by atoms with E-state index in [1.165, 1.54) is 16.4 Å². The number of para-hydroxylation sites is 1. The maximum absolute atomic E-state index is 13.8. The Hall–Kier alpha value is -2.41. The molecule has 0 unspecified atom stereocenters. The normalized spacial score (nSPS) is 15.9. The second kappa shape index (κ2) is 5.90. The van der Waals surface area contributed by atoms with Crippen molar-refractivity contribution in [3.63, 3.8) is 0 Å². The molecule has 24 heavy (non-hydrogen) atoms. The molecule has 0 fully saturated rings. The standard InChI is InChI=1S/C17H18FN3O2S/c1-11(2)21-17(19-13-9-8-12(3)14(18)10-13)20-15-6-4-5-7-16(15)24(21,22)23/h4-11H,1-3H3,(H,19,20). The third-order valence-electron chi connectivity index (χ3n) is 3.73. The summed E-state index contributed by atoms with van der Waals surface area (Å²) in [5.41, 5.74) is 1.33. The molecule has 0 atom stereocenters. The smallest absolute Gasteiger partial charge is 0.269 e. The highest BCUT2D eigenvalue weighted by atomic mass is 32.2. The quantitative estimate of drug-likeness (QED) is 0.902. The highest BCUT2D eigenvalue weighted by molar-refractivity contribution is 7.90. The van der Waals surface area contributed by atoms with Crippen LogP contribution in [0.3, 0.4) is 0 Å². The van der Waals surface area contributed by atoms with E-state index in [1.54, 1.807) is 51.1 Å². The van der Waals surface area contributed by atoms with Crippen LogP contribution in [0.25, 0.3) is 0 Å². The number of anilines is 1. The van der Waals surface area contributed by atoms with Crippen molar-refractivity contribution < 1.29 is 12.8 Å². The third kappa shape index (κ3) is 2.75. The number of fused-ring (bicyclic) bond motifs is 1. The molecule has 0 aromatic heterocycles. The van der Waals surface area contributed by atoms with Crippen LogP contribution in [0.5, 0.6) is 0 Å². The first kappa shape index (κ1) is 16.4. The molecule has 0 spiro atoms. The Balaban J connectivity index is 2.10. The minimum Gasteiger partial charge on any atom is -0.325 e. The number of hydrogen-bond donors (Lipinski definition) is 1. The summed E-state index contributed by atoms with van der Waals surface area (Å²) in [6.07, 6.45) is 0. The molecule has 0 saturated carbocycles. The molecule has 0 bridgehead atoms. The lowest BCUT2D eigenvalue weighted by Gasteiger charge is -2.32. The van der Waals surface area contributed by atoms with Gasteiger partial charge in [0.1, 0.15) is 10.7 Å². The van der Waals surface area contributed by atoms with E-state index in [1.807, 2.05) is 0 Å². The van der Waals surface area contributed by atoms with Crippen molar-refractivity contribution in [3.8, 4) is 0 Å². The number of sulfonamides is 1. The SMILES string of the molecule is Cc1ccc(NC2=Nc3ccccc3S(=O)(=O)N2C(C)C)cc1F. The molecule has 0 radical (unpaired) electrons. The largest absolute Gasteiger partial charge is 0.325 e. The van der Waals surface area contributed by atoms with Crippen molar-refractivity contribution in [2.24, 2.45) is 4.99 Å². The Labute approximate surface area is 140 Å². The third-order valence-corrected chi connectivity index (χ3v) is 5.75. The van der Waals surface area contributed by atoms with Crippen molar-refractivity contribution in [1.29, 1.82) is 0 Å². The number of guanidine groups is 1. The zero-order chi connectivity index (χ0) is 17.5. The Bertz CT molecular complexity index is 923.